The van der Waals surface area contributed by atoms with E-state index in [-0.39, 0.29) is 24.6 Å². The Morgan fingerprint density at radius 2 is 1.55 bits per heavy atom. The summed E-state index contributed by atoms with van der Waals surface area (Å²) in [5.41, 5.74) is 4.97. The molecule has 1 fully saturated rings. The average Bonchev–Trinajstić information content (AvgIpc) is 3.15. The molecule has 2 heterocycles. The van der Waals surface area contributed by atoms with E-state index in [0.29, 0.717) is 53.9 Å². The minimum absolute atomic E-state index is 0.0298. The van der Waals surface area contributed by atoms with E-state index in [9.17, 15) is 14.5 Å². The number of unbranched alkanes of at least 4 members (excludes halogenated alkanes) is 1. The molecule has 8 unspecified atom stereocenters. The van der Waals surface area contributed by atoms with Gasteiger partial charge in [-0.1, -0.05) is 82.1 Å². The van der Waals surface area contributed by atoms with Gasteiger partial charge in [0.15, 0.2) is 0 Å². The Hall–Kier alpha value is -1.76. The van der Waals surface area contributed by atoms with E-state index < -0.39 is 38.0 Å². The molecule has 14 heteroatoms. The summed E-state index contributed by atoms with van der Waals surface area (Å²) < 4.78 is 24.3. The molecule has 296 valence electrons. The Bertz CT molecular complexity index is 1230. The van der Waals surface area contributed by atoms with E-state index in [0.717, 1.165) is 19.4 Å². The van der Waals surface area contributed by atoms with E-state index in [4.69, 9.17) is 24.3 Å². The van der Waals surface area contributed by atoms with Crippen molar-refractivity contribution < 1.29 is 28.2 Å². The van der Waals surface area contributed by atoms with Crippen LogP contribution in [0.25, 0.3) is 0 Å². The van der Waals surface area contributed by atoms with Crippen molar-refractivity contribution >= 4 is 27.3 Å². The fourth-order valence-corrected chi connectivity index (χ4v) is 8.55. The van der Waals surface area contributed by atoms with Crippen LogP contribution in [0.15, 0.2) is 17.1 Å². The molecule has 1 saturated heterocycles. The third-order valence-electron chi connectivity index (χ3n) is 12.8. The van der Waals surface area contributed by atoms with Crippen LogP contribution in [-0.4, -0.2) is 72.2 Å². The van der Waals surface area contributed by atoms with Crippen molar-refractivity contribution in [2.75, 3.05) is 32.0 Å². The van der Waals surface area contributed by atoms with Crippen LogP contribution < -0.4 is 22.1 Å². The molecular weight excluding hydrogens is 668 g/mol. The maximum absolute atomic E-state index is 13.1. The molecule has 5 N–H and O–H groups in total. The standard InChI is InChI=1S/C37H73BN5O7P/c1-13-23(3)26(6)28(8)30(10)37(12,31(11)29(9)27(7)24(4)14-2)41-19-16-15-18-40-36(45)50-32-22-48-51(38,46)47-21-25(5)49-34(32)43-20-17-33(39)42-35(43)44/h17,20,23-32,34,41,46,51H,13-16,18-19,21-22,38H2,1-12H3,(H,40,45)(H2,39,42,44)/t23?,24?,25-,26?,27?,28?,29?,30?,31?,32-,34+,37?/m0/s1. The summed E-state index contributed by atoms with van der Waals surface area (Å²) in [6, 6.07) is 1.46. The summed E-state index contributed by atoms with van der Waals surface area (Å²) in [6.07, 6.45) is 2.02. The van der Waals surface area contributed by atoms with Gasteiger partial charge in [-0.3, -0.25) is 0 Å². The molecule has 0 radical (unpaired) electrons. The van der Waals surface area contributed by atoms with E-state index in [1.54, 1.807) is 6.92 Å². The second-order valence-corrected chi connectivity index (χ2v) is 18.3. The number of hydrogen-bond donors (Lipinski definition) is 4. The average molecular weight is 742 g/mol. The zero-order chi connectivity index (χ0) is 38.7. The molecule has 0 aliphatic carbocycles. The zero-order valence-corrected chi connectivity index (χ0v) is 35.0. The van der Waals surface area contributed by atoms with Crippen LogP contribution >= 0.6 is 7.82 Å². The third kappa shape index (κ3) is 13.0. The maximum atomic E-state index is 13.1. The molecular formula is C37H73BN5O7P. The van der Waals surface area contributed by atoms with E-state index in [1.807, 2.05) is 0 Å². The molecule has 1 amide bonds. The van der Waals surface area contributed by atoms with Gasteiger partial charge < -0.3 is 0 Å². The van der Waals surface area contributed by atoms with E-state index in [2.05, 4.69) is 91.8 Å². The second-order valence-electron chi connectivity index (χ2n) is 16.0. The molecule has 12 nitrogen and oxygen atoms in total. The first kappa shape index (κ1) is 45.4. The number of carbonyl (C=O) groups excluding carboxylic acids is 1. The van der Waals surface area contributed by atoms with Crippen LogP contribution in [0.5, 0.6) is 0 Å². The van der Waals surface area contributed by atoms with Gasteiger partial charge in [-0.05, 0) is 54.3 Å². The van der Waals surface area contributed by atoms with Gasteiger partial charge in [0.25, 0.3) is 0 Å². The molecule has 11 atom stereocenters. The third-order valence-corrected chi connectivity index (χ3v) is 14.2. The Morgan fingerprint density at radius 3 is 2.08 bits per heavy atom. The van der Waals surface area contributed by atoms with Gasteiger partial charge in [-0.25, -0.2) is 0 Å². The fourth-order valence-electron chi connectivity index (χ4n) is 7.45. The molecule has 0 spiro atoms. The SMILES string of the molecule is B[PH]1(O)OC[C@H](OC(=O)NCCCCNC(C)(C(C)C(C)C(C)C(C)CC)C(C)C(C)C(C)C(C)CC)[C@H](n2ccc(N)nc2=O)O[C@@H](C)CO1. The number of anilines is 1. The molecule has 51 heavy (non-hydrogen) atoms. The molecule has 1 aromatic heterocycles. The quantitative estimate of drug-likeness (QED) is 0.0806. The first-order chi connectivity index (χ1) is 23.8. The number of nitrogens with two attached hydrogens (primary N) is 1. The van der Waals surface area contributed by atoms with Crippen molar-refractivity contribution in [3.05, 3.63) is 22.7 Å². The Morgan fingerprint density at radius 1 is 1.02 bits per heavy atom. The van der Waals surface area contributed by atoms with E-state index in [1.165, 1.54) is 37.2 Å². The van der Waals surface area contributed by atoms with Crippen LogP contribution in [0, 0.1) is 47.3 Å². The summed E-state index contributed by atoms with van der Waals surface area (Å²) in [6.45, 7) is 29.1. The number of aromatic nitrogens is 2. The zero-order valence-electron chi connectivity index (χ0n) is 34.0. The molecule has 1 aliphatic rings. The van der Waals surface area contributed by atoms with Crippen LogP contribution in [0.1, 0.15) is 115 Å². The number of amides is 1. The number of rotatable bonds is 18. The number of ether oxygens (including phenoxy) is 2. The van der Waals surface area contributed by atoms with Crippen molar-refractivity contribution in [3.8, 4) is 0 Å². The number of nitrogen functional groups attached to an aromatic ring is 1. The van der Waals surface area contributed by atoms with Crippen LogP contribution in [0.3, 0.4) is 0 Å². The van der Waals surface area contributed by atoms with Gasteiger partial charge in [0.1, 0.15) is 0 Å². The number of nitrogens with zero attached hydrogens (tertiary/aromatic N) is 2. The van der Waals surface area contributed by atoms with Gasteiger partial charge >= 0.3 is 174 Å². The molecule has 0 aromatic carbocycles. The van der Waals surface area contributed by atoms with Crippen LogP contribution in [0.4, 0.5) is 10.6 Å². The van der Waals surface area contributed by atoms with Gasteiger partial charge in [-0.2, -0.15) is 0 Å². The number of alkyl carbamates (subject to hydrolysis) is 1. The number of nitrogens with one attached hydrogen (secondary N) is 2. The predicted molar refractivity (Wildman–Crippen MR) is 211 cm³/mol. The molecule has 1 aliphatic heterocycles. The van der Waals surface area contributed by atoms with Crippen molar-refractivity contribution in [2.45, 2.75) is 133 Å². The van der Waals surface area contributed by atoms with Crippen LogP contribution in [-0.2, 0) is 18.5 Å². The van der Waals surface area contributed by atoms with Gasteiger partial charge in [0, 0.05) is 0 Å². The summed E-state index contributed by atoms with van der Waals surface area (Å²) >= 11 is 0. The van der Waals surface area contributed by atoms with Crippen LogP contribution in [0.2, 0.25) is 0 Å². The Kier molecular flexibility index (Phi) is 18.4. The number of hydrogen-bond acceptors (Lipinski definition) is 10. The Balaban J connectivity index is 2.11. The molecule has 0 bridgehead atoms. The summed E-state index contributed by atoms with van der Waals surface area (Å²) in [5.74, 6) is 4.66. The summed E-state index contributed by atoms with van der Waals surface area (Å²) in [4.78, 5) is 40.3. The predicted octanol–water partition coefficient (Wildman–Crippen LogP) is 5.94. The van der Waals surface area contributed by atoms with Gasteiger partial charge in [-0.15, -0.1) is 0 Å². The molecule has 1 aromatic rings. The minimum atomic E-state index is -3.53. The molecule has 2 rings (SSSR count). The summed E-state index contributed by atoms with van der Waals surface area (Å²) in [7, 11) is -2.05. The summed E-state index contributed by atoms with van der Waals surface area (Å²) in [5, 5.41) is 6.89. The first-order valence-corrected chi connectivity index (χ1v) is 21.8. The monoisotopic (exact) mass is 742 g/mol. The van der Waals surface area contributed by atoms with Crippen molar-refractivity contribution in [1.82, 2.24) is 20.2 Å². The van der Waals surface area contributed by atoms with Crippen molar-refractivity contribution in [2.24, 2.45) is 47.3 Å². The number of carbonyl (C=O) groups is 1. The fraction of sp³-hybridized carbons (Fsp3) is 0.865. The van der Waals surface area contributed by atoms with Crippen molar-refractivity contribution in [1.29, 1.82) is 0 Å². The van der Waals surface area contributed by atoms with E-state index >= 15 is 0 Å². The topological polar surface area (TPSA) is 159 Å². The van der Waals surface area contributed by atoms with Crippen molar-refractivity contribution in [3.63, 3.8) is 0 Å². The first-order valence-electron chi connectivity index (χ1n) is 19.5. The second kappa shape index (κ2) is 20.6. The Labute approximate surface area is 310 Å². The molecule has 0 saturated carbocycles. The van der Waals surface area contributed by atoms with Gasteiger partial charge in [0.2, 0.25) is 0 Å². The normalized spacial score (nSPS) is 26.3. The van der Waals surface area contributed by atoms with Gasteiger partial charge in [0.05, 0.1) is 0 Å².